The van der Waals surface area contributed by atoms with E-state index in [0.29, 0.717) is 11.8 Å². The van der Waals surface area contributed by atoms with E-state index >= 15 is 0 Å². The molecule has 0 unspecified atom stereocenters. The number of nitrogens with one attached hydrogen (secondary N) is 1. The molecule has 2 aromatic rings. The molecule has 2 N–H and O–H groups in total. The number of amides is 1. The van der Waals surface area contributed by atoms with Crippen LogP contribution in [0.3, 0.4) is 0 Å². The van der Waals surface area contributed by atoms with E-state index in [1.807, 2.05) is 0 Å². The molecule has 1 heterocycles. The normalized spacial score (nSPS) is 10.4. The number of aromatic nitrogens is 3. The van der Waals surface area contributed by atoms with Crippen LogP contribution in [-0.4, -0.2) is 32.0 Å². The molecule has 21 heavy (non-hydrogen) atoms. The first-order chi connectivity index (χ1) is 9.94. The lowest BCUT2D eigenvalue weighted by atomic mass is 10.2. The number of carbonyl (C=O) groups excluding carboxylic acids is 1. The zero-order chi connectivity index (χ0) is 15.4. The molecule has 0 atom stereocenters. The van der Waals surface area contributed by atoms with E-state index in [-0.39, 0.29) is 18.7 Å². The number of halogens is 2. The van der Waals surface area contributed by atoms with Gasteiger partial charge < -0.3 is 10.4 Å². The fraction of sp³-hybridized carbons (Fsp3) is 0.167. The number of carboxylic acids is 1. The maximum absolute atomic E-state index is 13.0. The van der Waals surface area contributed by atoms with Gasteiger partial charge in [-0.2, -0.15) is 0 Å². The summed E-state index contributed by atoms with van der Waals surface area (Å²) in [5.74, 6) is -3.47. The van der Waals surface area contributed by atoms with E-state index in [1.165, 1.54) is 6.20 Å². The van der Waals surface area contributed by atoms with E-state index in [4.69, 9.17) is 5.11 Å². The monoisotopic (exact) mass is 296 g/mol. The standard InChI is InChI=1S/C12H10F2N4O3/c13-8-1-7(2-9(14)3-8)12(21)15-4-10-5-18(17-16-10)6-11(19)20/h1-3,5H,4,6H2,(H,15,21)(H,19,20). The van der Waals surface area contributed by atoms with Gasteiger partial charge in [0.25, 0.3) is 5.91 Å². The van der Waals surface area contributed by atoms with Crippen LogP contribution in [0.15, 0.2) is 24.4 Å². The van der Waals surface area contributed by atoms with Gasteiger partial charge in [-0.3, -0.25) is 9.59 Å². The number of hydrogen-bond donors (Lipinski definition) is 2. The van der Waals surface area contributed by atoms with Crippen LogP contribution in [0.25, 0.3) is 0 Å². The van der Waals surface area contributed by atoms with Gasteiger partial charge in [0.15, 0.2) is 0 Å². The van der Waals surface area contributed by atoms with Crippen molar-refractivity contribution in [1.82, 2.24) is 20.3 Å². The van der Waals surface area contributed by atoms with Crippen LogP contribution < -0.4 is 5.32 Å². The highest BCUT2D eigenvalue weighted by Crippen LogP contribution is 2.08. The number of benzene rings is 1. The van der Waals surface area contributed by atoms with Crippen molar-refractivity contribution in [2.75, 3.05) is 0 Å². The van der Waals surface area contributed by atoms with Gasteiger partial charge in [-0.05, 0) is 12.1 Å². The van der Waals surface area contributed by atoms with E-state index in [1.54, 1.807) is 0 Å². The molecule has 0 fully saturated rings. The van der Waals surface area contributed by atoms with E-state index in [9.17, 15) is 18.4 Å². The first-order valence-corrected chi connectivity index (χ1v) is 5.79. The van der Waals surface area contributed by atoms with Crippen LogP contribution in [0.4, 0.5) is 8.78 Å². The summed E-state index contributed by atoms with van der Waals surface area (Å²) in [6.45, 7) is -0.396. The van der Waals surface area contributed by atoms with Crippen molar-refractivity contribution in [1.29, 1.82) is 0 Å². The highest BCUT2D eigenvalue weighted by molar-refractivity contribution is 5.94. The molecule has 2 rings (SSSR count). The van der Waals surface area contributed by atoms with Gasteiger partial charge in [-0.15, -0.1) is 5.10 Å². The zero-order valence-corrected chi connectivity index (χ0v) is 10.6. The molecule has 1 aromatic carbocycles. The summed E-state index contributed by atoms with van der Waals surface area (Å²) in [4.78, 5) is 22.2. The third-order valence-electron chi connectivity index (χ3n) is 2.44. The largest absolute Gasteiger partial charge is 0.480 e. The predicted octanol–water partition coefficient (Wildman–Crippen LogP) is 0.571. The Hall–Kier alpha value is -2.84. The predicted molar refractivity (Wildman–Crippen MR) is 65.2 cm³/mol. The van der Waals surface area contributed by atoms with Crippen molar-refractivity contribution < 1.29 is 23.5 Å². The lowest BCUT2D eigenvalue weighted by Gasteiger charge is -2.03. The van der Waals surface area contributed by atoms with E-state index in [2.05, 4.69) is 15.6 Å². The van der Waals surface area contributed by atoms with Crippen molar-refractivity contribution in [3.05, 3.63) is 47.3 Å². The number of aliphatic carboxylic acids is 1. The SMILES string of the molecule is O=C(O)Cn1cc(CNC(=O)c2cc(F)cc(F)c2)nn1. The molecule has 0 aliphatic carbocycles. The van der Waals surface area contributed by atoms with Crippen molar-refractivity contribution >= 4 is 11.9 Å². The highest BCUT2D eigenvalue weighted by Gasteiger charge is 2.10. The minimum absolute atomic E-state index is 0.0451. The summed E-state index contributed by atoms with van der Waals surface area (Å²) in [6.07, 6.45) is 1.35. The molecule has 0 spiro atoms. The van der Waals surface area contributed by atoms with E-state index < -0.39 is 23.5 Å². The summed E-state index contributed by atoms with van der Waals surface area (Å²) >= 11 is 0. The molecular formula is C12H10F2N4O3. The quantitative estimate of drug-likeness (QED) is 0.840. The highest BCUT2D eigenvalue weighted by atomic mass is 19.1. The molecule has 110 valence electrons. The molecular weight excluding hydrogens is 286 g/mol. The van der Waals surface area contributed by atoms with Crippen molar-refractivity contribution in [3.63, 3.8) is 0 Å². The van der Waals surface area contributed by atoms with E-state index in [0.717, 1.165) is 16.8 Å². The lowest BCUT2D eigenvalue weighted by Crippen LogP contribution is -2.23. The molecule has 1 amide bonds. The maximum atomic E-state index is 13.0. The number of rotatable bonds is 5. The molecule has 0 radical (unpaired) electrons. The van der Waals surface area contributed by atoms with Gasteiger partial charge in [-0.25, -0.2) is 13.5 Å². The van der Waals surface area contributed by atoms with Crippen LogP contribution in [-0.2, 0) is 17.9 Å². The minimum Gasteiger partial charge on any atom is -0.480 e. The summed E-state index contributed by atoms with van der Waals surface area (Å²) in [5, 5.41) is 18.2. The average Bonchev–Trinajstić information content (AvgIpc) is 2.81. The van der Waals surface area contributed by atoms with Crippen molar-refractivity contribution in [2.45, 2.75) is 13.1 Å². The average molecular weight is 296 g/mol. The Bertz CT molecular complexity index is 667. The first kappa shape index (κ1) is 14.6. The van der Waals surface area contributed by atoms with Gasteiger partial charge in [0.1, 0.15) is 23.9 Å². The molecule has 0 saturated carbocycles. The number of carbonyl (C=O) groups is 2. The Morgan fingerprint density at radius 1 is 1.24 bits per heavy atom. The second-order valence-electron chi connectivity index (χ2n) is 4.14. The van der Waals surface area contributed by atoms with Crippen LogP contribution in [0, 0.1) is 11.6 Å². The van der Waals surface area contributed by atoms with Gasteiger partial charge >= 0.3 is 5.97 Å². The summed E-state index contributed by atoms with van der Waals surface area (Å²) < 4.78 is 27.0. The number of nitrogens with zero attached hydrogens (tertiary/aromatic N) is 3. The third-order valence-corrected chi connectivity index (χ3v) is 2.44. The minimum atomic E-state index is -1.08. The van der Waals surface area contributed by atoms with Crippen molar-refractivity contribution in [3.8, 4) is 0 Å². The number of carboxylic acid groups (broad SMARTS) is 1. The van der Waals surface area contributed by atoms with Crippen LogP contribution in [0.5, 0.6) is 0 Å². The Morgan fingerprint density at radius 3 is 2.52 bits per heavy atom. The smallest absolute Gasteiger partial charge is 0.325 e. The van der Waals surface area contributed by atoms with Crippen LogP contribution in [0.2, 0.25) is 0 Å². The fourth-order valence-electron chi connectivity index (χ4n) is 1.59. The molecule has 1 aromatic heterocycles. The third kappa shape index (κ3) is 4.06. The second-order valence-corrected chi connectivity index (χ2v) is 4.14. The van der Waals surface area contributed by atoms with Gasteiger partial charge in [0.05, 0.1) is 12.7 Å². The molecule has 0 saturated heterocycles. The summed E-state index contributed by atoms with van der Waals surface area (Å²) in [6, 6.07) is 2.47. The van der Waals surface area contributed by atoms with Crippen molar-refractivity contribution in [2.24, 2.45) is 0 Å². The lowest BCUT2D eigenvalue weighted by molar-refractivity contribution is -0.137. The molecule has 7 nitrogen and oxygen atoms in total. The molecule has 0 aliphatic rings. The zero-order valence-electron chi connectivity index (χ0n) is 10.6. The molecule has 0 aliphatic heterocycles. The maximum Gasteiger partial charge on any atom is 0.325 e. The molecule has 9 heteroatoms. The topological polar surface area (TPSA) is 97.1 Å². The fourth-order valence-corrected chi connectivity index (χ4v) is 1.59. The second kappa shape index (κ2) is 6.07. The first-order valence-electron chi connectivity index (χ1n) is 5.79. The Labute approximate surface area is 117 Å². The van der Waals surface area contributed by atoms with Gasteiger partial charge in [0, 0.05) is 11.6 Å². The Kier molecular flexibility index (Phi) is 4.21. The van der Waals surface area contributed by atoms with Gasteiger partial charge in [0.2, 0.25) is 0 Å². The number of hydrogen-bond acceptors (Lipinski definition) is 4. The summed E-state index contributed by atoms with van der Waals surface area (Å²) in [7, 11) is 0. The van der Waals surface area contributed by atoms with Crippen LogP contribution in [0.1, 0.15) is 16.1 Å². The Balaban J connectivity index is 1.97. The Morgan fingerprint density at radius 2 is 1.90 bits per heavy atom. The summed E-state index contributed by atoms with van der Waals surface area (Å²) in [5.41, 5.74) is 0.159. The van der Waals surface area contributed by atoms with Crippen LogP contribution >= 0.6 is 0 Å². The molecule has 0 bridgehead atoms. The van der Waals surface area contributed by atoms with Gasteiger partial charge in [-0.1, -0.05) is 5.21 Å².